The number of fused-ring (bicyclic) bond motifs is 1. The van der Waals surface area contributed by atoms with Crippen LogP contribution in [0, 0.1) is 11.8 Å². The highest BCUT2D eigenvalue weighted by atomic mass is 16.7. The van der Waals surface area contributed by atoms with Crippen LogP contribution in [-0.4, -0.2) is 23.8 Å². The zero-order valence-corrected chi connectivity index (χ0v) is 15.9. The van der Waals surface area contributed by atoms with Gasteiger partial charge in [0.15, 0.2) is 11.5 Å². The van der Waals surface area contributed by atoms with Crippen molar-refractivity contribution < 1.29 is 28.9 Å². The van der Waals surface area contributed by atoms with Gasteiger partial charge in [-0.15, -0.1) is 0 Å². The minimum Gasteiger partial charge on any atom is -0.489 e. The molecule has 0 aromatic heterocycles. The van der Waals surface area contributed by atoms with Gasteiger partial charge < -0.3 is 24.6 Å². The van der Waals surface area contributed by atoms with Gasteiger partial charge in [-0.1, -0.05) is 18.6 Å². The van der Waals surface area contributed by atoms with E-state index in [1.54, 1.807) is 6.07 Å². The minimum atomic E-state index is -0.815. The topological polar surface area (TPSA) is 94.1 Å². The van der Waals surface area contributed by atoms with Crippen LogP contribution in [0.3, 0.4) is 0 Å². The number of benzene rings is 2. The first kappa shape index (κ1) is 19.1. The quantitative estimate of drug-likeness (QED) is 0.770. The standard InChI is InChI=1S/C22H23NO6/c24-21(15-4-2-5-16(10-15)22(25)26)23-17-6-1-3-14(9-17)12-27-18-7-8-19-20(11-18)29-13-28-19/h1,3,6-9,11,15-16H,2,4-5,10,12-13H2,(H,23,24)(H,25,26). The van der Waals surface area contributed by atoms with Gasteiger partial charge in [0.1, 0.15) is 12.4 Å². The number of ether oxygens (including phenoxy) is 3. The van der Waals surface area contributed by atoms with Crippen molar-refractivity contribution >= 4 is 17.6 Å². The fourth-order valence-corrected chi connectivity index (χ4v) is 3.77. The molecule has 1 heterocycles. The van der Waals surface area contributed by atoms with E-state index in [0.717, 1.165) is 18.4 Å². The number of nitrogens with one attached hydrogen (secondary N) is 1. The maximum absolute atomic E-state index is 12.6. The molecule has 2 aliphatic rings. The molecule has 0 spiro atoms. The van der Waals surface area contributed by atoms with Gasteiger partial charge in [-0.05, 0) is 49.1 Å². The number of carboxylic acids is 1. The molecular formula is C22H23NO6. The zero-order chi connectivity index (χ0) is 20.2. The molecule has 1 aliphatic carbocycles. The Morgan fingerprint density at radius 1 is 1.07 bits per heavy atom. The van der Waals surface area contributed by atoms with Crippen molar-refractivity contribution in [2.45, 2.75) is 32.3 Å². The van der Waals surface area contributed by atoms with Gasteiger partial charge in [0.05, 0.1) is 5.92 Å². The van der Waals surface area contributed by atoms with Crippen LogP contribution in [0.5, 0.6) is 17.2 Å². The molecule has 29 heavy (non-hydrogen) atoms. The Kier molecular flexibility index (Phi) is 5.55. The van der Waals surface area contributed by atoms with E-state index in [9.17, 15) is 14.7 Å². The summed E-state index contributed by atoms with van der Waals surface area (Å²) in [5.74, 6) is 0.408. The predicted octanol–water partition coefficient (Wildman–Crippen LogP) is 3.82. The highest BCUT2D eigenvalue weighted by Crippen LogP contribution is 2.35. The molecule has 2 N–H and O–H groups in total. The average molecular weight is 397 g/mol. The van der Waals surface area contributed by atoms with E-state index in [2.05, 4.69) is 5.32 Å². The molecule has 1 aliphatic heterocycles. The molecule has 7 nitrogen and oxygen atoms in total. The van der Waals surface area contributed by atoms with Crippen molar-refractivity contribution in [3.63, 3.8) is 0 Å². The predicted molar refractivity (Wildman–Crippen MR) is 105 cm³/mol. The number of hydrogen-bond donors (Lipinski definition) is 2. The van der Waals surface area contributed by atoms with Gasteiger partial charge in [0, 0.05) is 17.7 Å². The normalized spacial score (nSPS) is 20.1. The van der Waals surface area contributed by atoms with Gasteiger partial charge >= 0.3 is 5.97 Å². The second-order valence-corrected chi connectivity index (χ2v) is 7.39. The first-order valence-corrected chi connectivity index (χ1v) is 9.73. The Morgan fingerprint density at radius 3 is 2.76 bits per heavy atom. The SMILES string of the molecule is O=C(O)C1CCCC(C(=O)Nc2cccc(COc3ccc4c(c3)OCO4)c2)C1. The number of aliphatic carboxylic acids is 1. The van der Waals surface area contributed by atoms with E-state index in [-0.39, 0.29) is 18.6 Å². The van der Waals surface area contributed by atoms with Crippen LogP contribution < -0.4 is 19.5 Å². The maximum atomic E-state index is 12.6. The summed E-state index contributed by atoms with van der Waals surface area (Å²) in [6.45, 7) is 0.558. The lowest BCUT2D eigenvalue weighted by molar-refractivity contribution is -0.143. The second kappa shape index (κ2) is 8.43. The van der Waals surface area contributed by atoms with Crippen LogP contribution in [-0.2, 0) is 16.2 Å². The number of rotatable bonds is 6. The van der Waals surface area contributed by atoms with Crippen LogP contribution in [0.15, 0.2) is 42.5 Å². The van der Waals surface area contributed by atoms with Crippen molar-refractivity contribution in [1.29, 1.82) is 0 Å². The molecule has 0 saturated heterocycles. The third-order valence-corrected chi connectivity index (χ3v) is 5.34. The molecule has 0 bridgehead atoms. The smallest absolute Gasteiger partial charge is 0.306 e. The first-order chi connectivity index (χ1) is 14.1. The monoisotopic (exact) mass is 397 g/mol. The number of carbonyl (C=O) groups excluding carboxylic acids is 1. The molecule has 2 aromatic rings. The van der Waals surface area contributed by atoms with Crippen LogP contribution in [0.1, 0.15) is 31.2 Å². The summed E-state index contributed by atoms with van der Waals surface area (Å²) in [5, 5.41) is 12.1. The second-order valence-electron chi connectivity index (χ2n) is 7.39. The summed E-state index contributed by atoms with van der Waals surface area (Å²) in [4.78, 5) is 23.8. The number of amides is 1. The molecule has 1 saturated carbocycles. The summed E-state index contributed by atoms with van der Waals surface area (Å²) in [5.41, 5.74) is 1.59. The van der Waals surface area contributed by atoms with Gasteiger partial charge in [-0.25, -0.2) is 0 Å². The van der Waals surface area contributed by atoms with E-state index in [0.29, 0.717) is 42.4 Å². The number of anilines is 1. The molecule has 7 heteroatoms. The van der Waals surface area contributed by atoms with Gasteiger partial charge in [0.2, 0.25) is 12.7 Å². The Labute approximate surface area is 168 Å². The first-order valence-electron chi connectivity index (χ1n) is 9.73. The minimum absolute atomic E-state index is 0.121. The van der Waals surface area contributed by atoms with Gasteiger partial charge in [-0.3, -0.25) is 9.59 Å². The van der Waals surface area contributed by atoms with Crippen molar-refractivity contribution in [3.05, 3.63) is 48.0 Å². The maximum Gasteiger partial charge on any atom is 0.306 e. The summed E-state index contributed by atoms with van der Waals surface area (Å²) < 4.78 is 16.5. The Balaban J connectivity index is 1.34. The third kappa shape index (κ3) is 4.62. The fourth-order valence-electron chi connectivity index (χ4n) is 3.77. The molecule has 4 rings (SSSR count). The van der Waals surface area contributed by atoms with E-state index >= 15 is 0 Å². The summed E-state index contributed by atoms with van der Waals surface area (Å²) in [7, 11) is 0. The molecule has 2 atom stereocenters. The van der Waals surface area contributed by atoms with Crippen molar-refractivity contribution in [2.24, 2.45) is 11.8 Å². The zero-order valence-electron chi connectivity index (χ0n) is 15.9. The summed E-state index contributed by atoms with van der Waals surface area (Å²) >= 11 is 0. The molecule has 1 amide bonds. The van der Waals surface area contributed by atoms with Crippen molar-refractivity contribution in [2.75, 3.05) is 12.1 Å². The Bertz CT molecular complexity index is 912. The largest absolute Gasteiger partial charge is 0.489 e. The highest BCUT2D eigenvalue weighted by molar-refractivity contribution is 5.93. The summed E-state index contributed by atoms with van der Waals surface area (Å²) in [6, 6.07) is 12.9. The lowest BCUT2D eigenvalue weighted by atomic mass is 9.81. The van der Waals surface area contributed by atoms with E-state index in [4.69, 9.17) is 14.2 Å². The van der Waals surface area contributed by atoms with Crippen molar-refractivity contribution in [3.8, 4) is 17.2 Å². The molecule has 2 aromatic carbocycles. The molecule has 152 valence electrons. The third-order valence-electron chi connectivity index (χ3n) is 5.34. The number of carboxylic acid groups (broad SMARTS) is 1. The van der Waals surface area contributed by atoms with Crippen LogP contribution >= 0.6 is 0 Å². The molecule has 2 unspecified atom stereocenters. The fraction of sp³-hybridized carbons (Fsp3) is 0.364. The van der Waals surface area contributed by atoms with E-state index in [1.165, 1.54) is 0 Å². The summed E-state index contributed by atoms with van der Waals surface area (Å²) in [6.07, 6.45) is 2.53. The molecular weight excluding hydrogens is 374 g/mol. The Hall–Kier alpha value is -3.22. The van der Waals surface area contributed by atoms with Crippen molar-refractivity contribution in [1.82, 2.24) is 0 Å². The lowest BCUT2D eigenvalue weighted by Gasteiger charge is -2.25. The molecule has 1 fully saturated rings. The highest BCUT2D eigenvalue weighted by Gasteiger charge is 2.31. The average Bonchev–Trinajstić information content (AvgIpc) is 3.20. The van der Waals surface area contributed by atoms with Gasteiger partial charge in [-0.2, -0.15) is 0 Å². The van der Waals surface area contributed by atoms with E-state index in [1.807, 2.05) is 36.4 Å². The Morgan fingerprint density at radius 2 is 1.90 bits per heavy atom. The number of carbonyl (C=O) groups is 2. The van der Waals surface area contributed by atoms with Crippen LogP contribution in [0.25, 0.3) is 0 Å². The molecule has 0 radical (unpaired) electrons. The number of hydrogen-bond acceptors (Lipinski definition) is 5. The van der Waals surface area contributed by atoms with Gasteiger partial charge in [0.25, 0.3) is 0 Å². The van der Waals surface area contributed by atoms with Crippen LogP contribution in [0.2, 0.25) is 0 Å². The lowest BCUT2D eigenvalue weighted by Crippen LogP contribution is -2.30. The van der Waals surface area contributed by atoms with E-state index < -0.39 is 11.9 Å². The van der Waals surface area contributed by atoms with Crippen LogP contribution in [0.4, 0.5) is 5.69 Å².